The summed E-state index contributed by atoms with van der Waals surface area (Å²) in [5.41, 5.74) is 0.694. The summed E-state index contributed by atoms with van der Waals surface area (Å²) in [5, 5.41) is 15.0. The summed E-state index contributed by atoms with van der Waals surface area (Å²) in [5.74, 6) is 1.72. The van der Waals surface area contributed by atoms with Crippen LogP contribution in [0.2, 0.25) is 0 Å². The molecule has 32 heavy (non-hydrogen) atoms. The molecule has 4 nitrogen and oxygen atoms in total. The Balaban J connectivity index is 1.19. The summed E-state index contributed by atoms with van der Waals surface area (Å²) in [4.78, 5) is 16.0. The van der Waals surface area contributed by atoms with Crippen molar-refractivity contribution in [2.75, 3.05) is 19.6 Å². The highest BCUT2D eigenvalue weighted by Crippen LogP contribution is 2.51. The largest absolute Gasteiger partial charge is 0.375 e. The van der Waals surface area contributed by atoms with E-state index in [-0.39, 0.29) is 11.8 Å². The maximum Gasteiger partial charge on any atom is 0.256 e. The van der Waals surface area contributed by atoms with E-state index in [1.165, 1.54) is 18.4 Å². The van der Waals surface area contributed by atoms with Crippen molar-refractivity contribution >= 4 is 5.91 Å². The second-order valence-corrected chi connectivity index (χ2v) is 10.2. The van der Waals surface area contributed by atoms with Gasteiger partial charge in [-0.3, -0.25) is 9.69 Å². The van der Waals surface area contributed by atoms with Crippen molar-refractivity contribution in [2.45, 2.75) is 50.7 Å². The first-order valence-electron chi connectivity index (χ1n) is 12.5. The maximum absolute atomic E-state index is 13.5. The normalized spacial score (nSPS) is 27.8. The highest BCUT2D eigenvalue weighted by atomic mass is 16.3. The Morgan fingerprint density at radius 3 is 2.12 bits per heavy atom. The molecule has 3 unspecified atom stereocenters. The number of aliphatic hydroxyl groups is 1. The summed E-state index contributed by atoms with van der Waals surface area (Å²) in [6.07, 6.45) is 6.43. The summed E-state index contributed by atoms with van der Waals surface area (Å²) < 4.78 is 0. The number of hydrogen-bond acceptors (Lipinski definition) is 3. The zero-order valence-electron chi connectivity index (χ0n) is 19.0. The lowest BCUT2D eigenvalue weighted by molar-refractivity contribution is -0.148. The molecule has 2 aliphatic carbocycles. The fraction of sp³-hybridized carbons (Fsp3) is 0.536. The van der Waals surface area contributed by atoms with Crippen LogP contribution in [0.4, 0.5) is 0 Å². The Morgan fingerprint density at radius 1 is 0.906 bits per heavy atom. The summed E-state index contributed by atoms with van der Waals surface area (Å²) in [6, 6.07) is 20.3. The Kier molecular flexibility index (Phi) is 6.34. The van der Waals surface area contributed by atoms with Crippen LogP contribution in [0.3, 0.4) is 0 Å². The first-order valence-corrected chi connectivity index (χ1v) is 12.5. The van der Waals surface area contributed by atoms with E-state index in [4.69, 9.17) is 0 Å². The summed E-state index contributed by atoms with van der Waals surface area (Å²) in [6.45, 7) is 3.94. The van der Waals surface area contributed by atoms with E-state index in [0.717, 1.165) is 50.9 Å². The van der Waals surface area contributed by atoms with Gasteiger partial charge in [0.25, 0.3) is 5.91 Å². The van der Waals surface area contributed by atoms with Gasteiger partial charge in [0, 0.05) is 32.1 Å². The Hall–Kier alpha value is -2.17. The quantitative estimate of drug-likeness (QED) is 0.640. The number of nitrogens with one attached hydrogen (secondary N) is 1. The van der Waals surface area contributed by atoms with E-state index < -0.39 is 5.60 Å². The van der Waals surface area contributed by atoms with Gasteiger partial charge in [-0.1, -0.05) is 86.3 Å². The first-order chi connectivity index (χ1) is 15.7. The van der Waals surface area contributed by atoms with Crippen LogP contribution in [0.1, 0.15) is 49.7 Å². The Bertz CT molecular complexity index is 882. The number of carbonyl (C=O) groups excluding carboxylic acids is 1. The van der Waals surface area contributed by atoms with Crippen LogP contribution < -0.4 is 5.32 Å². The molecule has 0 radical (unpaired) electrons. The van der Waals surface area contributed by atoms with Gasteiger partial charge in [-0.25, -0.2) is 0 Å². The molecule has 5 rings (SSSR count). The van der Waals surface area contributed by atoms with Crippen molar-refractivity contribution in [3.05, 3.63) is 71.8 Å². The topological polar surface area (TPSA) is 52.6 Å². The van der Waals surface area contributed by atoms with Gasteiger partial charge in [0.1, 0.15) is 0 Å². The van der Waals surface area contributed by atoms with E-state index in [1.54, 1.807) is 0 Å². The van der Waals surface area contributed by atoms with Crippen molar-refractivity contribution in [1.82, 2.24) is 10.2 Å². The highest BCUT2D eigenvalue weighted by molar-refractivity contribution is 5.86. The number of benzene rings is 2. The highest BCUT2D eigenvalue weighted by Gasteiger charge is 2.55. The van der Waals surface area contributed by atoms with E-state index >= 15 is 0 Å². The smallest absolute Gasteiger partial charge is 0.256 e. The molecule has 1 aliphatic heterocycles. The third-order valence-corrected chi connectivity index (χ3v) is 8.20. The minimum atomic E-state index is -1.42. The molecule has 2 aromatic rings. The molecule has 4 heteroatoms. The molecule has 3 aliphatic rings. The van der Waals surface area contributed by atoms with E-state index in [9.17, 15) is 9.90 Å². The van der Waals surface area contributed by atoms with Crippen LogP contribution in [0.25, 0.3) is 0 Å². The van der Waals surface area contributed by atoms with Gasteiger partial charge < -0.3 is 10.4 Å². The van der Waals surface area contributed by atoms with Crippen LogP contribution >= 0.6 is 0 Å². The molecule has 2 aromatic carbocycles. The van der Waals surface area contributed by atoms with Gasteiger partial charge in [-0.15, -0.1) is 0 Å². The van der Waals surface area contributed by atoms with E-state index in [2.05, 4.69) is 40.5 Å². The lowest BCUT2D eigenvalue weighted by atomic mass is 9.76. The predicted octanol–water partition coefficient (Wildman–Crippen LogP) is 4.34. The lowest BCUT2D eigenvalue weighted by Gasteiger charge is -2.35. The zero-order valence-corrected chi connectivity index (χ0v) is 19.0. The SMILES string of the molecule is O=C(NCC1C2CN(Cc3ccccc3)CC12)C(O)(c1ccccc1)C1CCCCCC1. The fourth-order valence-electron chi connectivity index (χ4n) is 6.30. The average molecular weight is 433 g/mol. The molecule has 1 heterocycles. The monoisotopic (exact) mass is 432 g/mol. The zero-order chi connectivity index (χ0) is 22.0. The summed E-state index contributed by atoms with van der Waals surface area (Å²) >= 11 is 0. The molecule has 0 aromatic heterocycles. The van der Waals surface area contributed by atoms with Crippen LogP contribution in [-0.4, -0.2) is 35.5 Å². The summed E-state index contributed by atoms with van der Waals surface area (Å²) in [7, 11) is 0. The average Bonchev–Trinajstić information content (AvgIpc) is 3.43. The van der Waals surface area contributed by atoms with Gasteiger partial charge in [0.05, 0.1) is 0 Å². The van der Waals surface area contributed by atoms with E-state index in [1.807, 2.05) is 30.3 Å². The number of fused-ring (bicyclic) bond motifs is 1. The van der Waals surface area contributed by atoms with Crippen LogP contribution in [0.15, 0.2) is 60.7 Å². The third kappa shape index (κ3) is 4.35. The predicted molar refractivity (Wildman–Crippen MR) is 127 cm³/mol. The van der Waals surface area contributed by atoms with Crippen LogP contribution in [0, 0.1) is 23.7 Å². The number of amides is 1. The van der Waals surface area contributed by atoms with Crippen LogP contribution in [0.5, 0.6) is 0 Å². The minimum absolute atomic E-state index is 0.00698. The van der Waals surface area contributed by atoms with Gasteiger partial charge in [-0.05, 0) is 41.7 Å². The van der Waals surface area contributed by atoms with Gasteiger partial charge in [-0.2, -0.15) is 0 Å². The number of piperidine rings is 1. The first kappa shape index (κ1) is 21.7. The molecular weight excluding hydrogens is 396 g/mol. The Morgan fingerprint density at radius 2 is 1.50 bits per heavy atom. The fourth-order valence-corrected chi connectivity index (χ4v) is 6.30. The number of nitrogens with zero attached hydrogens (tertiary/aromatic N) is 1. The molecule has 2 saturated carbocycles. The molecule has 3 atom stereocenters. The van der Waals surface area contributed by atoms with Gasteiger partial charge in [0.15, 0.2) is 5.60 Å². The molecule has 3 fully saturated rings. The van der Waals surface area contributed by atoms with Crippen molar-refractivity contribution < 1.29 is 9.90 Å². The number of likely N-dealkylation sites (tertiary alicyclic amines) is 1. The second-order valence-electron chi connectivity index (χ2n) is 10.2. The number of carbonyl (C=O) groups is 1. The minimum Gasteiger partial charge on any atom is -0.375 e. The molecule has 2 N–H and O–H groups in total. The van der Waals surface area contributed by atoms with Gasteiger partial charge in [0.2, 0.25) is 0 Å². The molecule has 170 valence electrons. The van der Waals surface area contributed by atoms with Crippen molar-refractivity contribution in [2.24, 2.45) is 23.7 Å². The second kappa shape index (κ2) is 9.36. The molecule has 0 bridgehead atoms. The molecule has 1 saturated heterocycles. The maximum atomic E-state index is 13.5. The lowest BCUT2D eigenvalue weighted by Crippen LogP contribution is -2.50. The van der Waals surface area contributed by atoms with Gasteiger partial charge >= 0.3 is 0 Å². The number of hydrogen-bond donors (Lipinski definition) is 2. The van der Waals surface area contributed by atoms with Crippen LogP contribution in [-0.2, 0) is 16.9 Å². The Labute approximate surface area is 192 Å². The molecule has 0 spiro atoms. The molecule has 1 amide bonds. The van der Waals surface area contributed by atoms with Crippen molar-refractivity contribution in [3.8, 4) is 0 Å². The van der Waals surface area contributed by atoms with Crippen molar-refractivity contribution in [1.29, 1.82) is 0 Å². The standard InChI is InChI=1S/C28H36N2O2/c31-27(28(32,23-15-9-4-10-16-23)22-13-7-1-2-8-14-22)29-17-24-25-19-30(20-26(24)25)18-21-11-5-3-6-12-21/h3-6,9-12,15-16,22,24-26,32H,1-2,7-8,13-14,17-20H2,(H,29,31). The van der Waals surface area contributed by atoms with Crippen molar-refractivity contribution in [3.63, 3.8) is 0 Å². The number of rotatable bonds is 7. The third-order valence-electron chi connectivity index (χ3n) is 8.20. The van der Waals surface area contributed by atoms with E-state index in [0.29, 0.717) is 24.3 Å². The molecular formula is C28H36N2O2.